The van der Waals surface area contributed by atoms with E-state index in [-0.39, 0.29) is 5.91 Å². The Morgan fingerprint density at radius 2 is 1.39 bits per heavy atom. The number of rotatable bonds is 8. The van der Waals surface area contributed by atoms with E-state index in [1.165, 1.54) is 11.8 Å². The summed E-state index contributed by atoms with van der Waals surface area (Å²) >= 11 is 4.71. The first-order valence-corrected chi connectivity index (χ1v) is 12.1. The molecule has 3 aromatic carbocycles. The van der Waals surface area contributed by atoms with Gasteiger partial charge in [0.25, 0.3) is 5.91 Å². The van der Waals surface area contributed by atoms with Gasteiger partial charge in [-0.3, -0.25) is 9.59 Å². The highest BCUT2D eigenvalue weighted by molar-refractivity contribution is 7.81. The molecule has 0 saturated carbocycles. The molecule has 0 radical (unpaired) electrons. The number of thiol groups is 1. The van der Waals surface area contributed by atoms with Gasteiger partial charge in [-0.2, -0.15) is 12.6 Å². The Balaban J connectivity index is 1.67. The van der Waals surface area contributed by atoms with Gasteiger partial charge >= 0.3 is 5.97 Å². The highest BCUT2D eigenvalue weighted by atomic mass is 32.1. The molecule has 3 aromatic rings. The third-order valence-corrected chi connectivity index (χ3v) is 6.87. The Morgan fingerprint density at radius 1 is 0.917 bits per heavy atom. The van der Waals surface area contributed by atoms with E-state index < -0.39 is 34.9 Å². The van der Waals surface area contributed by atoms with Gasteiger partial charge in [0.1, 0.15) is 5.37 Å². The number of nitrogens with zero attached hydrogens (tertiary/aromatic N) is 1. The lowest BCUT2D eigenvalue weighted by Crippen LogP contribution is -2.78. The predicted molar refractivity (Wildman–Crippen MR) is 141 cm³/mol. The Kier molecular flexibility index (Phi) is 7.31. The lowest BCUT2D eigenvalue weighted by molar-refractivity contribution is -0.172. The Morgan fingerprint density at radius 3 is 1.81 bits per heavy atom. The van der Waals surface area contributed by atoms with Crippen LogP contribution in [-0.4, -0.2) is 34.1 Å². The molecule has 1 aliphatic heterocycles. The highest BCUT2D eigenvalue weighted by Gasteiger charge is 2.64. The summed E-state index contributed by atoms with van der Waals surface area (Å²) in [5, 5.41) is 1.95. The fourth-order valence-corrected chi connectivity index (χ4v) is 5.15. The van der Waals surface area contributed by atoms with Crippen molar-refractivity contribution in [2.24, 2.45) is 0 Å². The van der Waals surface area contributed by atoms with Crippen LogP contribution in [0.2, 0.25) is 0 Å². The van der Waals surface area contributed by atoms with Crippen LogP contribution in [-0.2, 0) is 24.7 Å². The van der Waals surface area contributed by atoms with Crippen LogP contribution in [0, 0.1) is 0 Å². The van der Waals surface area contributed by atoms with Gasteiger partial charge in [0.15, 0.2) is 17.7 Å². The molecule has 0 bridgehead atoms. The average molecular weight is 501 g/mol. The van der Waals surface area contributed by atoms with Crippen molar-refractivity contribution in [1.82, 2.24) is 10.2 Å². The van der Waals surface area contributed by atoms with E-state index in [9.17, 15) is 14.4 Å². The Hall–Kier alpha value is -3.84. The largest absolute Gasteiger partial charge is 0.451 e. The van der Waals surface area contributed by atoms with Gasteiger partial charge < -0.3 is 15.0 Å². The van der Waals surface area contributed by atoms with E-state index in [0.29, 0.717) is 11.1 Å². The number of nitrogens with one attached hydrogen (secondary N) is 1. The maximum atomic E-state index is 13.7. The number of likely N-dealkylation sites (tertiary alicyclic amines) is 1. The van der Waals surface area contributed by atoms with Gasteiger partial charge in [0.05, 0.1) is 0 Å². The molecular weight excluding hydrogens is 472 g/mol. The SMILES string of the molecule is C=C(C)C(C(=O)OC(c1ccccc1)c1ccccc1)N1C(=O)C(NC(C)=O)(c2ccccc2)C1S. The van der Waals surface area contributed by atoms with Crippen molar-refractivity contribution in [3.63, 3.8) is 0 Å². The summed E-state index contributed by atoms with van der Waals surface area (Å²) in [4.78, 5) is 40.8. The van der Waals surface area contributed by atoms with E-state index in [2.05, 4.69) is 11.9 Å². The molecule has 3 atom stereocenters. The van der Waals surface area contributed by atoms with Crippen LogP contribution in [0.25, 0.3) is 0 Å². The molecule has 4 rings (SSSR count). The summed E-state index contributed by atoms with van der Waals surface area (Å²) < 4.78 is 6.04. The molecule has 1 heterocycles. The number of carbonyl (C=O) groups excluding carboxylic acids is 3. The van der Waals surface area contributed by atoms with Gasteiger partial charge in [-0.25, -0.2) is 4.79 Å². The molecule has 7 heteroatoms. The number of β-lactam (4-membered cyclic amide) rings is 1. The van der Waals surface area contributed by atoms with Crippen LogP contribution < -0.4 is 5.32 Å². The number of amides is 2. The zero-order chi connectivity index (χ0) is 25.9. The molecule has 1 aliphatic rings. The molecule has 6 nitrogen and oxygen atoms in total. The van der Waals surface area contributed by atoms with Crippen molar-refractivity contribution in [1.29, 1.82) is 0 Å². The highest BCUT2D eigenvalue weighted by Crippen LogP contribution is 2.45. The second-order valence-corrected chi connectivity index (χ2v) is 9.32. The lowest BCUT2D eigenvalue weighted by atomic mass is 9.78. The zero-order valence-corrected chi connectivity index (χ0v) is 21.0. The van der Waals surface area contributed by atoms with Crippen molar-refractivity contribution in [3.8, 4) is 0 Å². The quantitative estimate of drug-likeness (QED) is 0.208. The first-order valence-electron chi connectivity index (χ1n) is 11.6. The second-order valence-electron chi connectivity index (χ2n) is 8.83. The van der Waals surface area contributed by atoms with Gasteiger partial charge in [-0.15, -0.1) is 0 Å². The van der Waals surface area contributed by atoms with Crippen molar-refractivity contribution in [2.75, 3.05) is 0 Å². The molecule has 1 saturated heterocycles. The molecule has 1 N–H and O–H groups in total. The Bertz CT molecular complexity index is 1230. The van der Waals surface area contributed by atoms with E-state index in [1.54, 1.807) is 31.2 Å². The first-order chi connectivity index (χ1) is 17.3. The number of esters is 1. The number of hydrogen-bond acceptors (Lipinski definition) is 5. The van der Waals surface area contributed by atoms with Crippen molar-refractivity contribution >= 4 is 30.4 Å². The average Bonchev–Trinajstić information content (AvgIpc) is 2.89. The minimum atomic E-state index is -1.40. The summed E-state index contributed by atoms with van der Waals surface area (Å²) in [6.07, 6.45) is -0.675. The van der Waals surface area contributed by atoms with Crippen LogP contribution in [0.4, 0.5) is 0 Å². The van der Waals surface area contributed by atoms with Gasteiger partial charge in [0.2, 0.25) is 5.91 Å². The minimum Gasteiger partial charge on any atom is -0.451 e. The summed E-state index contributed by atoms with van der Waals surface area (Å²) in [7, 11) is 0. The number of benzene rings is 3. The number of ether oxygens (including phenoxy) is 1. The third-order valence-electron chi connectivity index (χ3n) is 6.23. The molecule has 1 fully saturated rings. The van der Waals surface area contributed by atoms with Crippen molar-refractivity contribution < 1.29 is 19.1 Å². The minimum absolute atomic E-state index is 0.381. The fraction of sp³-hybridized carbons (Fsp3) is 0.207. The molecular formula is C29H28N2O4S. The predicted octanol–water partition coefficient (Wildman–Crippen LogP) is 4.39. The van der Waals surface area contributed by atoms with E-state index in [4.69, 9.17) is 17.4 Å². The van der Waals surface area contributed by atoms with Crippen LogP contribution in [0.3, 0.4) is 0 Å². The fourth-order valence-electron chi connectivity index (χ4n) is 4.58. The molecule has 0 aliphatic carbocycles. The lowest BCUT2D eigenvalue weighted by Gasteiger charge is -2.56. The van der Waals surface area contributed by atoms with Gasteiger partial charge in [-0.05, 0) is 29.2 Å². The molecule has 0 aromatic heterocycles. The molecule has 2 amide bonds. The van der Waals surface area contributed by atoms with E-state index >= 15 is 0 Å². The monoisotopic (exact) mass is 500 g/mol. The van der Waals surface area contributed by atoms with Crippen molar-refractivity contribution in [2.45, 2.75) is 36.9 Å². The van der Waals surface area contributed by atoms with Crippen LogP contribution in [0.15, 0.2) is 103 Å². The second kappa shape index (κ2) is 10.4. The topological polar surface area (TPSA) is 75.7 Å². The smallest absolute Gasteiger partial charge is 0.334 e. The third kappa shape index (κ3) is 4.54. The Labute approximate surface area is 216 Å². The van der Waals surface area contributed by atoms with Gasteiger partial charge in [0, 0.05) is 6.92 Å². The molecule has 3 unspecified atom stereocenters. The van der Waals surface area contributed by atoms with Gasteiger partial charge in [-0.1, -0.05) is 97.6 Å². The van der Waals surface area contributed by atoms with E-state index in [0.717, 1.165) is 11.1 Å². The van der Waals surface area contributed by atoms with Crippen LogP contribution in [0.1, 0.15) is 36.6 Å². The summed E-state index contributed by atoms with van der Waals surface area (Å²) in [6.45, 7) is 6.98. The maximum Gasteiger partial charge on any atom is 0.334 e. The summed E-state index contributed by atoms with van der Waals surface area (Å²) in [5.41, 5.74) is 1.21. The maximum absolute atomic E-state index is 13.7. The zero-order valence-electron chi connectivity index (χ0n) is 20.1. The summed E-state index contributed by atoms with van der Waals surface area (Å²) in [6, 6.07) is 26.6. The molecule has 0 spiro atoms. The van der Waals surface area contributed by atoms with E-state index in [1.807, 2.05) is 66.7 Å². The standard InChI is InChI=1S/C29H28N2O4S/c1-19(2)24(26(33)35-25(21-13-7-4-8-14-21)22-15-9-5-10-16-22)31-27(34)29(28(31)36,30-20(3)32)23-17-11-6-12-18-23/h4-18,24-25,28,36H,1H2,2-3H3,(H,30,32). The van der Waals surface area contributed by atoms with Crippen LogP contribution in [0.5, 0.6) is 0 Å². The van der Waals surface area contributed by atoms with Crippen molar-refractivity contribution in [3.05, 3.63) is 120 Å². The van der Waals surface area contributed by atoms with Crippen LogP contribution >= 0.6 is 12.6 Å². The summed E-state index contributed by atoms with van der Waals surface area (Å²) in [5.74, 6) is -1.46. The first kappa shape index (κ1) is 25.3. The number of hydrogen-bond donors (Lipinski definition) is 2. The normalized spacial score (nSPS) is 19.8. The molecule has 184 valence electrons. The molecule has 36 heavy (non-hydrogen) atoms. The number of carbonyl (C=O) groups is 3.